The van der Waals surface area contributed by atoms with Gasteiger partial charge in [0.15, 0.2) is 0 Å². The molecule has 22 heavy (non-hydrogen) atoms. The second kappa shape index (κ2) is 7.02. The third kappa shape index (κ3) is 3.60. The van der Waals surface area contributed by atoms with E-state index in [4.69, 9.17) is 9.26 Å². The van der Waals surface area contributed by atoms with Crippen molar-refractivity contribution in [1.82, 2.24) is 15.5 Å². The maximum atomic E-state index is 12.1. The molecule has 2 aromatic heterocycles. The van der Waals surface area contributed by atoms with E-state index in [0.29, 0.717) is 17.9 Å². The van der Waals surface area contributed by atoms with E-state index in [0.717, 1.165) is 11.1 Å². The van der Waals surface area contributed by atoms with Crippen LogP contribution in [0.4, 0.5) is 0 Å². The molecule has 118 valence electrons. The number of esters is 1. The Morgan fingerprint density at radius 1 is 1.41 bits per heavy atom. The van der Waals surface area contributed by atoms with Gasteiger partial charge in [-0.25, -0.2) is 4.98 Å². The van der Waals surface area contributed by atoms with Crippen molar-refractivity contribution in [3.63, 3.8) is 0 Å². The number of nitrogens with one attached hydrogen (secondary N) is 1. The van der Waals surface area contributed by atoms with Gasteiger partial charge in [0.1, 0.15) is 0 Å². The van der Waals surface area contributed by atoms with E-state index in [9.17, 15) is 9.59 Å². The number of carbonyl (C=O) groups excluding carboxylic acids is 2. The van der Waals surface area contributed by atoms with Gasteiger partial charge in [-0.2, -0.15) is 0 Å². The maximum Gasteiger partial charge on any atom is 0.307 e. The van der Waals surface area contributed by atoms with Gasteiger partial charge >= 0.3 is 5.97 Å². The minimum absolute atomic E-state index is 0.139. The van der Waals surface area contributed by atoms with E-state index >= 15 is 0 Å². The zero-order valence-electron chi connectivity index (χ0n) is 12.9. The van der Waals surface area contributed by atoms with Crippen LogP contribution in [0.1, 0.15) is 49.2 Å². The SMILES string of the molecule is CCOC(=O)CCNC(=O)c1cnc2onc(C(C)C)c2c1. The van der Waals surface area contributed by atoms with Crippen LogP contribution in [0.25, 0.3) is 11.1 Å². The normalized spacial score (nSPS) is 10.9. The van der Waals surface area contributed by atoms with Crippen LogP contribution < -0.4 is 5.32 Å². The summed E-state index contributed by atoms with van der Waals surface area (Å²) in [7, 11) is 0. The molecule has 0 saturated carbocycles. The van der Waals surface area contributed by atoms with Gasteiger partial charge in [-0.1, -0.05) is 19.0 Å². The predicted octanol–water partition coefficient (Wildman–Crippen LogP) is 2.03. The number of nitrogens with zero attached hydrogens (tertiary/aromatic N) is 2. The Morgan fingerprint density at radius 3 is 2.86 bits per heavy atom. The van der Waals surface area contributed by atoms with Gasteiger partial charge in [-0.05, 0) is 18.9 Å². The molecular formula is C15H19N3O4. The second-order valence-corrected chi connectivity index (χ2v) is 5.11. The number of aromatic nitrogens is 2. The number of fused-ring (bicyclic) bond motifs is 1. The lowest BCUT2D eigenvalue weighted by Crippen LogP contribution is -2.26. The highest BCUT2D eigenvalue weighted by Gasteiger charge is 2.15. The lowest BCUT2D eigenvalue weighted by Gasteiger charge is -2.05. The number of ether oxygens (including phenoxy) is 1. The fourth-order valence-corrected chi connectivity index (χ4v) is 2.00. The molecule has 2 rings (SSSR count). The Labute approximate surface area is 128 Å². The molecular weight excluding hydrogens is 286 g/mol. The third-order valence-corrected chi connectivity index (χ3v) is 3.09. The molecule has 0 atom stereocenters. The minimum Gasteiger partial charge on any atom is -0.466 e. The third-order valence-electron chi connectivity index (χ3n) is 3.09. The van der Waals surface area contributed by atoms with E-state index in [-0.39, 0.29) is 30.8 Å². The molecule has 0 spiro atoms. The average molecular weight is 305 g/mol. The van der Waals surface area contributed by atoms with Crippen molar-refractivity contribution in [3.05, 3.63) is 23.5 Å². The van der Waals surface area contributed by atoms with Gasteiger partial charge in [0.2, 0.25) is 0 Å². The summed E-state index contributed by atoms with van der Waals surface area (Å²) >= 11 is 0. The highest BCUT2D eigenvalue weighted by atomic mass is 16.5. The van der Waals surface area contributed by atoms with Crippen LogP contribution in [0.15, 0.2) is 16.8 Å². The molecule has 2 aromatic rings. The quantitative estimate of drug-likeness (QED) is 0.821. The molecule has 0 unspecified atom stereocenters. The van der Waals surface area contributed by atoms with E-state index in [1.807, 2.05) is 13.8 Å². The van der Waals surface area contributed by atoms with Crippen LogP contribution in [0, 0.1) is 0 Å². The van der Waals surface area contributed by atoms with Gasteiger partial charge in [-0.3, -0.25) is 9.59 Å². The fraction of sp³-hybridized carbons (Fsp3) is 0.467. The van der Waals surface area contributed by atoms with Crippen LogP contribution in [-0.2, 0) is 9.53 Å². The van der Waals surface area contributed by atoms with Crippen molar-refractivity contribution in [3.8, 4) is 0 Å². The van der Waals surface area contributed by atoms with Gasteiger partial charge in [0.05, 0.1) is 29.7 Å². The minimum atomic E-state index is -0.336. The summed E-state index contributed by atoms with van der Waals surface area (Å²) in [5, 5.41) is 7.36. The van der Waals surface area contributed by atoms with Gasteiger partial charge < -0.3 is 14.6 Å². The number of carbonyl (C=O) groups is 2. The lowest BCUT2D eigenvalue weighted by atomic mass is 10.1. The monoisotopic (exact) mass is 305 g/mol. The lowest BCUT2D eigenvalue weighted by molar-refractivity contribution is -0.142. The first kappa shape index (κ1) is 15.9. The first-order valence-corrected chi connectivity index (χ1v) is 7.22. The molecule has 0 aliphatic heterocycles. The van der Waals surface area contributed by atoms with E-state index < -0.39 is 0 Å². The Hall–Kier alpha value is -2.44. The highest BCUT2D eigenvalue weighted by Crippen LogP contribution is 2.23. The summed E-state index contributed by atoms with van der Waals surface area (Å²) in [4.78, 5) is 27.4. The molecule has 0 fully saturated rings. The van der Waals surface area contributed by atoms with E-state index in [2.05, 4.69) is 15.5 Å². The molecule has 7 heteroatoms. The van der Waals surface area contributed by atoms with Crippen LogP contribution in [0.5, 0.6) is 0 Å². The van der Waals surface area contributed by atoms with Crippen LogP contribution >= 0.6 is 0 Å². The van der Waals surface area contributed by atoms with Crippen molar-refractivity contribution < 1.29 is 18.8 Å². The first-order valence-electron chi connectivity index (χ1n) is 7.22. The Morgan fingerprint density at radius 2 is 2.18 bits per heavy atom. The van der Waals surface area contributed by atoms with Crippen LogP contribution in [0.2, 0.25) is 0 Å². The Balaban J connectivity index is 2.05. The zero-order valence-corrected chi connectivity index (χ0v) is 12.9. The van der Waals surface area contributed by atoms with Gasteiger partial charge in [0, 0.05) is 12.7 Å². The summed E-state index contributed by atoms with van der Waals surface area (Å²) in [5.41, 5.74) is 1.58. The summed E-state index contributed by atoms with van der Waals surface area (Å²) in [6, 6.07) is 1.70. The Bertz CT molecular complexity index is 678. The Kier molecular flexibility index (Phi) is 5.08. The van der Waals surface area contributed by atoms with Crippen molar-refractivity contribution in [2.75, 3.05) is 13.2 Å². The number of amides is 1. The molecule has 0 saturated heterocycles. The average Bonchev–Trinajstić information content (AvgIpc) is 2.90. The van der Waals surface area contributed by atoms with E-state index in [1.54, 1.807) is 13.0 Å². The van der Waals surface area contributed by atoms with E-state index in [1.165, 1.54) is 6.20 Å². The van der Waals surface area contributed by atoms with Gasteiger partial charge in [-0.15, -0.1) is 0 Å². The number of pyridine rings is 1. The van der Waals surface area contributed by atoms with Crippen LogP contribution in [-0.4, -0.2) is 35.2 Å². The topological polar surface area (TPSA) is 94.3 Å². The predicted molar refractivity (Wildman–Crippen MR) is 79.5 cm³/mol. The van der Waals surface area contributed by atoms with Gasteiger partial charge in [0.25, 0.3) is 11.6 Å². The molecule has 0 aliphatic carbocycles. The highest BCUT2D eigenvalue weighted by molar-refractivity contribution is 5.97. The molecule has 2 heterocycles. The number of rotatable bonds is 6. The largest absolute Gasteiger partial charge is 0.466 e. The van der Waals surface area contributed by atoms with Crippen molar-refractivity contribution >= 4 is 23.0 Å². The molecule has 1 amide bonds. The van der Waals surface area contributed by atoms with Crippen molar-refractivity contribution in [2.45, 2.75) is 33.1 Å². The number of hydrogen-bond acceptors (Lipinski definition) is 6. The van der Waals surface area contributed by atoms with Crippen molar-refractivity contribution in [2.24, 2.45) is 0 Å². The fourth-order valence-electron chi connectivity index (χ4n) is 2.00. The molecule has 1 N–H and O–H groups in total. The molecule has 7 nitrogen and oxygen atoms in total. The molecule has 0 bridgehead atoms. The summed E-state index contributed by atoms with van der Waals surface area (Å²) < 4.78 is 9.93. The first-order chi connectivity index (χ1) is 10.5. The summed E-state index contributed by atoms with van der Waals surface area (Å²) in [6.07, 6.45) is 1.57. The zero-order chi connectivity index (χ0) is 16.1. The second-order valence-electron chi connectivity index (χ2n) is 5.11. The van der Waals surface area contributed by atoms with Crippen molar-refractivity contribution in [1.29, 1.82) is 0 Å². The molecule has 0 radical (unpaired) electrons. The maximum absolute atomic E-state index is 12.1. The molecule has 0 aromatic carbocycles. The standard InChI is InChI=1S/C15H19N3O4/c1-4-21-12(19)5-6-16-14(20)10-7-11-13(9(2)3)18-22-15(11)17-8-10/h7-9H,4-6H2,1-3H3,(H,16,20). The molecule has 0 aliphatic rings. The summed E-state index contributed by atoms with van der Waals surface area (Å²) in [6.45, 7) is 6.27. The summed E-state index contributed by atoms with van der Waals surface area (Å²) in [5.74, 6) is -0.461. The smallest absolute Gasteiger partial charge is 0.307 e. The number of hydrogen-bond donors (Lipinski definition) is 1. The van der Waals surface area contributed by atoms with Crippen LogP contribution in [0.3, 0.4) is 0 Å².